The van der Waals surface area contributed by atoms with Gasteiger partial charge in [0.25, 0.3) is 0 Å². The highest BCUT2D eigenvalue weighted by Gasteiger charge is 2.41. The zero-order valence-corrected chi connectivity index (χ0v) is 13.1. The van der Waals surface area contributed by atoms with Crippen LogP contribution in [-0.2, 0) is 6.42 Å². The number of halogens is 1. The Morgan fingerprint density at radius 1 is 1.20 bits per heavy atom. The molecule has 0 radical (unpaired) electrons. The average molecular weight is 330 g/mol. The molecule has 20 heavy (non-hydrogen) atoms. The molecule has 1 aliphatic heterocycles. The van der Waals surface area contributed by atoms with Gasteiger partial charge in [-0.15, -0.1) is 0 Å². The molecule has 2 aromatic rings. The van der Waals surface area contributed by atoms with E-state index in [1.165, 1.54) is 0 Å². The maximum atomic E-state index is 12.7. The van der Waals surface area contributed by atoms with Gasteiger partial charge in [0.05, 0.1) is 0 Å². The molecule has 0 aromatic heterocycles. The fraction of sp³-hybridized carbons (Fsp3) is 0.235. The van der Waals surface area contributed by atoms with Gasteiger partial charge in [0.15, 0.2) is 5.78 Å². The summed E-state index contributed by atoms with van der Waals surface area (Å²) >= 11 is 3.56. The lowest BCUT2D eigenvalue weighted by Gasteiger charge is -2.24. The van der Waals surface area contributed by atoms with Crippen LogP contribution in [0.25, 0.3) is 0 Å². The number of carbonyl (C=O) groups is 1. The maximum absolute atomic E-state index is 12.7. The van der Waals surface area contributed by atoms with E-state index in [4.69, 9.17) is 0 Å². The Hall–Kier alpha value is -1.61. The van der Waals surface area contributed by atoms with E-state index in [1.807, 2.05) is 50.2 Å². The zero-order chi connectivity index (χ0) is 14.3. The summed E-state index contributed by atoms with van der Waals surface area (Å²) in [5.74, 6) is 0.173. The summed E-state index contributed by atoms with van der Waals surface area (Å²) in [6.45, 7) is 3.99. The third-order valence-electron chi connectivity index (χ3n) is 3.83. The van der Waals surface area contributed by atoms with Crippen molar-refractivity contribution in [3.8, 4) is 0 Å². The van der Waals surface area contributed by atoms with Crippen LogP contribution in [0.2, 0.25) is 0 Å². The van der Waals surface area contributed by atoms with E-state index >= 15 is 0 Å². The molecule has 0 amide bonds. The summed E-state index contributed by atoms with van der Waals surface area (Å²) in [4.78, 5) is 12.7. The molecule has 2 nitrogen and oxygen atoms in total. The van der Waals surface area contributed by atoms with Gasteiger partial charge in [-0.25, -0.2) is 0 Å². The van der Waals surface area contributed by atoms with E-state index in [0.29, 0.717) is 6.42 Å². The zero-order valence-electron chi connectivity index (χ0n) is 11.5. The molecule has 2 aromatic carbocycles. The highest BCUT2D eigenvalue weighted by molar-refractivity contribution is 9.10. The Labute approximate surface area is 127 Å². The number of fused-ring (bicyclic) bond motifs is 1. The molecule has 3 rings (SSSR count). The first-order valence-corrected chi connectivity index (χ1v) is 7.46. The number of hydrogen-bond donors (Lipinski definition) is 1. The van der Waals surface area contributed by atoms with Crippen molar-refractivity contribution >= 4 is 27.4 Å². The van der Waals surface area contributed by atoms with E-state index < -0.39 is 5.54 Å². The Bertz CT molecular complexity index is 695. The highest BCUT2D eigenvalue weighted by atomic mass is 79.9. The first-order valence-electron chi connectivity index (χ1n) is 6.67. The summed E-state index contributed by atoms with van der Waals surface area (Å²) in [5.41, 5.74) is 3.43. The molecule has 0 bridgehead atoms. The summed E-state index contributed by atoms with van der Waals surface area (Å²) in [7, 11) is 0. The van der Waals surface area contributed by atoms with Gasteiger partial charge in [-0.3, -0.25) is 4.79 Å². The molecule has 0 saturated heterocycles. The first-order chi connectivity index (χ1) is 9.49. The quantitative estimate of drug-likeness (QED) is 0.886. The monoisotopic (exact) mass is 329 g/mol. The maximum Gasteiger partial charge on any atom is 0.190 e. The minimum Gasteiger partial charge on any atom is -0.372 e. The standard InChI is InChI=1S/C17H16BrNO/c1-11-7-8-15-13(9-11)16(20)17(2,19-15)10-12-5-3-4-6-14(12)18/h3-9,19H,10H2,1-2H3. The lowest BCUT2D eigenvalue weighted by Crippen LogP contribution is -2.40. The van der Waals surface area contributed by atoms with Gasteiger partial charge in [-0.2, -0.15) is 0 Å². The van der Waals surface area contributed by atoms with E-state index in [9.17, 15) is 4.79 Å². The van der Waals surface area contributed by atoms with Crippen molar-refractivity contribution in [1.82, 2.24) is 0 Å². The van der Waals surface area contributed by atoms with Crippen molar-refractivity contribution in [1.29, 1.82) is 0 Å². The Kier molecular flexibility index (Phi) is 3.17. The van der Waals surface area contributed by atoms with Crippen molar-refractivity contribution in [3.05, 3.63) is 63.6 Å². The Balaban J connectivity index is 1.96. The van der Waals surface area contributed by atoms with Crippen LogP contribution in [0.15, 0.2) is 46.9 Å². The molecular weight excluding hydrogens is 314 g/mol. The number of hydrogen-bond acceptors (Lipinski definition) is 2. The average Bonchev–Trinajstić information content (AvgIpc) is 2.65. The second kappa shape index (κ2) is 4.74. The van der Waals surface area contributed by atoms with Crippen LogP contribution in [0, 0.1) is 6.92 Å². The van der Waals surface area contributed by atoms with E-state index in [0.717, 1.165) is 26.9 Å². The lowest BCUT2D eigenvalue weighted by atomic mass is 9.88. The number of aryl methyl sites for hydroxylation is 1. The molecule has 1 N–H and O–H groups in total. The van der Waals surface area contributed by atoms with Crippen LogP contribution >= 0.6 is 15.9 Å². The van der Waals surface area contributed by atoms with Gasteiger partial charge in [0.1, 0.15) is 5.54 Å². The lowest BCUT2D eigenvalue weighted by molar-refractivity contribution is 0.0929. The number of nitrogens with one attached hydrogen (secondary N) is 1. The smallest absolute Gasteiger partial charge is 0.190 e. The van der Waals surface area contributed by atoms with Gasteiger partial charge in [-0.05, 0) is 37.6 Å². The highest BCUT2D eigenvalue weighted by Crippen LogP contribution is 2.36. The number of rotatable bonds is 2. The normalized spacial score (nSPS) is 20.6. The fourth-order valence-corrected chi connectivity index (χ4v) is 3.18. The molecule has 1 aliphatic rings. The van der Waals surface area contributed by atoms with E-state index in [-0.39, 0.29) is 5.78 Å². The molecule has 102 valence electrons. The number of ketones is 1. The molecule has 1 atom stereocenters. The first kappa shape index (κ1) is 13.4. The number of benzene rings is 2. The van der Waals surface area contributed by atoms with Crippen LogP contribution in [-0.4, -0.2) is 11.3 Å². The SMILES string of the molecule is Cc1ccc2c(c1)C(=O)C(C)(Cc1ccccc1Br)N2. The van der Waals surface area contributed by atoms with Crippen LogP contribution < -0.4 is 5.32 Å². The largest absolute Gasteiger partial charge is 0.372 e. The Morgan fingerprint density at radius 2 is 1.95 bits per heavy atom. The minimum atomic E-state index is -0.569. The van der Waals surface area contributed by atoms with E-state index in [1.54, 1.807) is 0 Å². The minimum absolute atomic E-state index is 0.173. The molecule has 0 spiro atoms. The predicted molar refractivity (Wildman–Crippen MR) is 85.4 cm³/mol. The number of Topliss-reactive ketones (excluding diaryl/α,β-unsaturated/α-hetero) is 1. The van der Waals surface area contributed by atoms with Crippen molar-refractivity contribution in [2.75, 3.05) is 5.32 Å². The van der Waals surface area contributed by atoms with Gasteiger partial charge in [-0.1, -0.05) is 45.8 Å². The topological polar surface area (TPSA) is 29.1 Å². The molecule has 1 heterocycles. The van der Waals surface area contributed by atoms with Gasteiger partial charge >= 0.3 is 0 Å². The van der Waals surface area contributed by atoms with Gasteiger partial charge in [0.2, 0.25) is 0 Å². The second-order valence-corrected chi connectivity index (χ2v) is 6.46. The Morgan fingerprint density at radius 3 is 2.70 bits per heavy atom. The van der Waals surface area contributed by atoms with Crippen molar-refractivity contribution in [2.45, 2.75) is 25.8 Å². The summed E-state index contributed by atoms with van der Waals surface area (Å²) in [5, 5.41) is 3.39. The third kappa shape index (κ3) is 2.16. The molecule has 0 fully saturated rings. The molecule has 0 saturated carbocycles. The number of anilines is 1. The van der Waals surface area contributed by atoms with Crippen molar-refractivity contribution < 1.29 is 4.79 Å². The van der Waals surface area contributed by atoms with Crippen LogP contribution in [0.5, 0.6) is 0 Å². The molecular formula is C17H16BrNO. The summed E-state index contributed by atoms with van der Waals surface area (Å²) in [6.07, 6.45) is 0.668. The molecule has 3 heteroatoms. The van der Waals surface area contributed by atoms with Crippen molar-refractivity contribution in [3.63, 3.8) is 0 Å². The summed E-state index contributed by atoms with van der Waals surface area (Å²) in [6, 6.07) is 14.0. The van der Waals surface area contributed by atoms with Crippen LogP contribution in [0.3, 0.4) is 0 Å². The van der Waals surface area contributed by atoms with Gasteiger partial charge in [0, 0.05) is 22.1 Å². The third-order valence-corrected chi connectivity index (χ3v) is 4.61. The van der Waals surface area contributed by atoms with Crippen molar-refractivity contribution in [2.24, 2.45) is 0 Å². The van der Waals surface area contributed by atoms with Crippen LogP contribution in [0.1, 0.15) is 28.4 Å². The fourth-order valence-electron chi connectivity index (χ4n) is 2.75. The van der Waals surface area contributed by atoms with Gasteiger partial charge < -0.3 is 5.32 Å². The summed E-state index contributed by atoms with van der Waals surface area (Å²) < 4.78 is 1.04. The second-order valence-electron chi connectivity index (χ2n) is 5.60. The molecule has 0 aliphatic carbocycles. The van der Waals surface area contributed by atoms with Crippen LogP contribution in [0.4, 0.5) is 5.69 Å². The van der Waals surface area contributed by atoms with E-state index in [2.05, 4.69) is 27.3 Å². The predicted octanol–water partition coefficient (Wildman–Crippen LogP) is 4.37. The molecule has 1 unspecified atom stereocenters. The number of carbonyl (C=O) groups excluding carboxylic acids is 1.